The molecule has 174 valence electrons. The molecule has 0 spiro atoms. The molecule has 1 aromatic carbocycles. The van der Waals surface area contributed by atoms with E-state index >= 15 is 0 Å². The van der Waals surface area contributed by atoms with Crippen LogP contribution in [0.15, 0.2) is 23.4 Å². The number of halogens is 2. The number of aryl methyl sites for hydroxylation is 2. The first-order valence-corrected chi connectivity index (χ1v) is 12.3. The smallest absolute Gasteiger partial charge is 0.220 e. The van der Waals surface area contributed by atoms with Crippen molar-refractivity contribution in [1.82, 2.24) is 20.2 Å². The van der Waals surface area contributed by atoms with Gasteiger partial charge in [0.15, 0.2) is 5.16 Å². The minimum Gasteiger partial charge on any atom is -0.376 e. The lowest BCUT2D eigenvalue weighted by Crippen LogP contribution is -2.47. The summed E-state index contributed by atoms with van der Waals surface area (Å²) < 4.78 is 20.4. The lowest BCUT2D eigenvalue weighted by Gasteiger charge is -2.38. The Bertz CT molecular complexity index is 918. The molecule has 6 nitrogen and oxygen atoms in total. The molecule has 1 aliphatic heterocycles. The Balaban J connectivity index is 1.69. The molecular weight excluding hydrogens is 451 g/mol. The van der Waals surface area contributed by atoms with Crippen molar-refractivity contribution in [2.45, 2.75) is 50.9 Å². The highest BCUT2D eigenvalue weighted by Gasteiger charge is 2.29. The number of hydrogen-bond donors (Lipinski definition) is 1. The summed E-state index contributed by atoms with van der Waals surface area (Å²) in [5, 5.41) is 4.08. The monoisotopic (exact) mass is 480 g/mol. The van der Waals surface area contributed by atoms with Crippen LogP contribution in [0.3, 0.4) is 0 Å². The van der Waals surface area contributed by atoms with Gasteiger partial charge in [0.25, 0.3) is 0 Å². The van der Waals surface area contributed by atoms with Gasteiger partial charge in [0.2, 0.25) is 5.91 Å². The van der Waals surface area contributed by atoms with Crippen LogP contribution >= 0.6 is 23.4 Å². The second kappa shape index (κ2) is 11.4. The number of aromatic nitrogens is 2. The highest BCUT2D eigenvalue weighted by molar-refractivity contribution is 7.98. The number of benzene rings is 1. The number of hydrogen-bond acceptors (Lipinski definition) is 6. The lowest BCUT2D eigenvalue weighted by molar-refractivity contribution is -0.121. The quantitative estimate of drug-likeness (QED) is 0.453. The molecule has 1 aromatic heterocycles. The van der Waals surface area contributed by atoms with Gasteiger partial charge in [-0.3, -0.25) is 9.69 Å². The molecule has 2 atom stereocenters. The van der Waals surface area contributed by atoms with Gasteiger partial charge in [-0.15, -0.1) is 0 Å². The summed E-state index contributed by atoms with van der Waals surface area (Å²) in [5.74, 6) is -0.468. The van der Waals surface area contributed by atoms with Crippen LogP contribution in [0, 0.1) is 19.7 Å². The predicted molar refractivity (Wildman–Crippen MR) is 126 cm³/mol. The van der Waals surface area contributed by atoms with Gasteiger partial charge in [0.1, 0.15) is 5.82 Å². The molecule has 1 saturated heterocycles. The Morgan fingerprint density at radius 3 is 2.72 bits per heavy atom. The Morgan fingerprint density at radius 1 is 1.38 bits per heavy atom. The van der Waals surface area contributed by atoms with E-state index in [0.29, 0.717) is 43.1 Å². The maximum Gasteiger partial charge on any atom is 0.220 e. The molecule has 32 heavy (non-hydrogen) atoms. The fraction of sp³-hybridized carbons (Fsp3) is 0.522. The second-order valence-electron chi connectivity index (χ2n) is 7.99. The number of amides is 1. The maximum absolute atomic E-state index is 14.7. The van der Waals surface area contributed by atoms with Gasteiger partial charge in [-0.2, -0.15) is 0 Å². The fourth-order valence-corrected chi connectivity index (χ4v) is 4.82. The fourth-order valence-electron chi connectivity index (χ4n) is 4.07. The SMILES string of the molecule is CSc1nc(C)c(CCC(=O)NCC(c2c(F)cccc2Cl)N2CCOC(C)C2)c(C)n1. The van der Waals surface area contributed by atoms with E-state index < -0.39 is 0 Å². The van der Waals surface area contributed by atoms with Crippen LogP contribution in [-0.2, 0) is 16.0 Å². The first kappa shape index (κ1) is 24.9. The third-order valence-corrected chi connectivity index (χ3v) is 6.60. The largest absolute Gasteiger partial charge is 0.376 e. The number of ether oxygens (including phenoxy) is 1. The van der Waals surface area contributed by atoms with Crippen LogP contribution < -0.4 is 5.32 Å². The zero-order valence-corrected chi connectivity index (χ0v) is 20.5. The number of thioether (sulfide) groups is 1. The number of carbonyl (C=O) groups excluding carboxylic acids is 1. The van der Waals surface area contributed by atoms with Crippen molar-refractivity contribution < 1.29 is 13.9 Å². The van der Waals surface area contributed by atoms with Gasteiger partial charge in [0.05, 0.1) is 18.8 Å². The Labute approximate surface area is 198 Å². The van der Waals surface area contributed by atoms with Gasteiger partial charge in [-0.05, 0) is 51.1 Å². The van der Waals surface area contributed by atoms with Crippen molar-refractivity contribution in [2.75, 3.05) is 32.5 Å². The van der Waals surface area contributed by atoms with Crippen molar-refractivity contribution in [2.24, 2.45) is 0 Å². The number of rotatable bonds is 8. The van der Waals surface area contributed by atoms with Gasteiger partial charge in [0, 0.05) is 48.0 Å². The van der Waals surface area contributed by atoms with Crippen molar-refractivity contribution >= 4 is 29.3 Å². The van der Waals surface area contributed by atoms with Gasteiger partial charge in [-0.1, -0.05) is 29.4 Å². The van der Waals surface area contributed by atoms with Crippen molar-refractivity contribution in [3.63, 3.8) is 0 Å². The highest BCUT2D eigenvalue weighted by Crippen LogP contribution is 2.31. The number of morpholine rings is 1. The molecule has 1 fully saturated rings. The molecule has 2 heterocycles. The van der Waals surface area contributed by atoms with Crippen LogP contribution in [0.4, 0.5) is 4.39 Å². The minimum absolute atomic E-state index is 0.0303. The van der Waals surface area contributed by atoms with Crippen LogP contribution in [0.1, 0.15) is 41.9 Å². The van der Waals surface area contributed by atoms with E-state index in [1.165, 1.54) is 17.8 Å². The van der Waals surface area contributed by atoms with E-state index in [-0.39, 0.29) is 30.4 Å². The standard InChI is InChI=1S/C23H30ClFN4O2S/c1-14-13-29(10-11-31-14)20(22-18(24)6-5-7-19(22)25)12-26-21(30)9-8-17-15(2)27-23(32-4)28-16(17)3/h5-7,14,20H,8-13H2,1-4H3,(H,26,30). The summed E-state index contributed by atoms with van der Waals surface area (Å²) in [5.41, 5.74) is 3.20. The summed E-state index contributed by atoms with van der Waals surface area (Å²) in [7, 11) is 0. The first-order chi connectivity index (χ1) is 15.3. The summed E-state index contributed by atoms with van der Waals surface area (Å²) >= 11 is 7.87. The highest BCUT2D eigenvalue weighted by atomic mass is 35.5. The number of carbonyl (C=O) groups is 1. The zero-order valence-electron chi connectivity index (χ0n) is 19.0. The average Bonchev–Trinajstić information content (AvgIpc) is 2.75. The normalized spacial score (nSPS) is 17.9. The molecule has 0 aliphatic carbocycles. The molecule has 1 aliphatic rings. The van der Waals surface area contributed by atoms with E-state index in [1.54, 1.807) is 12.1 Å². The summed E-state index contributed by atoms with van der Waals surface area (Å²) in [6.45, 7) is 7.98. The predicted octanol–water partition coefficient (Wildman–Crippen LogP) is 4.12. The molecule has 0 radical (unpaired) electrons. The van der Waals surface area contributed by atoms with E-state index in [1.807, 2.05) is 27.0 Å². The van der Waals surface area contributed by atoms with E-state index in [0.717, 1.165) is 22.1 Å². The summed E-state index contributed by atoms with van der Waals surface area (Å²) in [6, 6.07) is 4.31. The minimum atomic E-state index is -0.369. The molecule has 2 aromatic rings. The zero-order chi connectivity index (χ0) is 23.3. The molecule has 9 heteroatoms. The Hall–Kier alpha value is -1.74. The van der Waals surface area contributed by atoms with Gasteiger partial charge in [-0.25, -0.2) is 14.4 Å². The summed E-state index contributed by atoms with van der Waals surface area (Å²) in [6.07, 6.45) is 2.83. The molecule has 0 bridgehead atoms. The van der Waals surface area contributed by atoms with Gasteiger partial charge < -0.3 is 10.1 Å². The van der Waals surface area contributed by atoms with E-state index in [9.17, 15) is 9.18 Å². The lowest BCUT2D eigenvalue weighted by atomic mass is 10.0. The third kappa shape index (κ3) is 6.19. The Kier molecular flexibility index (Phi) is 8.87. The Morgan fingerprint density at radius 2 is 2.09 bits per heavy atom. The molecular formula is C23H30ClFN4O2S. The van der Waals surface area contributed by atoms with Crippen molar-refractivity contribution in [1.29, 1.82) is 0 Å². The summed E-state index contributed by atoms with van der Waals surface area (Å²) in [4.78, 5) is 23.8. The molecule has 2 unspecified atom stereocenters. The first-order valence-electron chi connectivity index (χ1n) is 10.7. The van der Waals surface area contributed by atoms with Crippen molar-refractivity contribution in [3.8, 4) is 0 Å². The maximum atomic E-state index is 14.7. The number of nitrogens with one attached hydrogen (secondary N) is 1. The topological polar surface area (TPSA) is 67.4 Å². The third-order valence-electron chi connectivity index (χ3n) is 5.72. The van der Waals surface area contributed by atoms with E-state index in [2.05, 4.69) is 20.2 Å². The van der Waals surface area contributed by atoms with Crippen LogP contribution in [0.2, 0.25) is 5.02 Å². The average molecular weight is 481 g/mol. The molecule has 1 N–H and O–H groups in total. The van der Waals surface area contributed by atoms with Crippen LogP contribution in [0.5, 0.6) is 0 Å². The molecule has 1 amide bonds. The van der Waals surface area contributed by atoms with Crippen molar-refractivity contribution in [3.05, 3.63) is 51.6 Å². The molecule has 3 rings (SSSR count). The molecule has 0 saturated carbocycles. The van der Waals surface area contributed by atoms with E-state index in [4.69, 9.17) is 16.3 Å². The van der Waals surface area contributed by atoms with Crippen LogP contribution in [0.25, 0.3) is 0 Å². The van der Waals surface area contributed by atoms with Gasteiger partial charge >= 0.3 is 0 Å². The second-order valence-corrected chi connectivity index (χ2v) is 9.17. The van der Waals surface area contributed by atoms with Crippen LogP contribution in [-0.4, -0.2) is 59.4 Å². The number of nitrogens with zero attached hydrogens (tertiary/aromatic N) is 3.